The number of nitrogens with zero attached hydrogens (tertiary/aromatic N) is 4. The third kappa shape index (κ3) is 3.21. The van der Waals surface area contributed by atoms with Gasteiger partial charge in [-0.1, -0.05) is 18.2 Å². The quantitative estimate of drug-likeness (QED) is 0.771. The molecular formula is C14H12N6O. The first-order chi connectivity index (χ1) is 10.3. The van der Waals surface area contributed by atoms with Gasteiger partial charge < -0.3 is 5.32 Å². The molecule has 0 aliphatic carbocycles. The summed E-state index contributed by atoms with van der Waals surface area (Å²) in [5.41, 5.74) is 0.707. The summed E-state index contributed by atoms with van der Waals surface area (Å²) in [6, 6.07) is 10.5. The lowest BCUT2D eigenvalue weighted by atomic mass is 10.3. The molecule has 0 bridgehead atoms. The Morgan fingerprint density at radius 2 is 1.95 bits per heavy atom. The van der Waals surface area contributed by atoms with Gasteiger partial charge in [-0.15, -0.1) is 0 Å². The van der Waals surface area contributed by atoms with Gasteiger partial charge in [-0.3, -0.25) is 9.88 Å². The Bertz CT molecular complexity index is 726. The number of urea groups is 1. The minimum atomic E-state index is -0.364. The highest BCUT2D eigenvalue weighted by molar-refractivity contribution is 5.99. The molecule has 2 heterocycles. The van der Waals surface area contributed by atoms with E-state index in [0.29, 0.717) is 17.3 Å². The van der Waals surface area contributed by atoms with E-state index in [2.05, 4.69) is 25.6 Å². The number of para-hydroxylation sites is 1. The van der Waals surface area contributed by atoms with E-state index in [4.69, 9.17) is 0 Å². The Hall–Kier alpha value is -3.22. The number of hydrogen-bond acceptors (Lipinski definition) is 4. The molecular weight excluding hydrogens is 268 g/mol. The number of imidazole rings is 1. The molecule has 0 saturated heterocycles. The van der Waals surface area contributed by atoms with Crippen LogP contribution in [0.1, 0.15) is 0 Å². The maximum Gasteiger partial charge on any atom is 0.324 e. The number of rotatable bonds is 3. The van der Waals surface area contributed by atoms with E-state index in [9.17, 15) is 4.79 Å². The van der Waals surface area contributed by atoms with Crippen LogP contribution in [0.2, 0.25) is 0 Å². The van der Waals surface area contributed by atoms with Crippen LogP contribution in [0.15, 0.2) is 61.4 Å². The number of benzene rings is 1. The lowest BCUT2D eigenvalue weighted by Gasteiger charge is -2.07. The van der Waals surface area contributed by atoms with Crippen molar-refractivity contribution >= 4 is 17.5 Å². The number of hydrogen-bond donors (Lipinski definition) is 2. The van der Waals surface area contributed by atoms with E-state index < -0.39 is 0 Å². The highest BCUT2D eigenvalue weighted by Gasteiger charge is 2.05. The number of carbonyl (C=O) groups excluding carboxylic acids is 1. The molecule has 0 saturated carbocycles. The number of amides is 2. The zero-order valence-electron chi connectivity index (χ0n) is 11.0. The van der Waals surface area contributed by atoms with Crippen molar-refractivity contribution in [1.29, 1.82) is 0 Å². The molecule has 0 atom stereocenters. The SMILES string of the molecule is O=C(Nc1ccccc1)Nc1cc(-n2ccnc2)ncn1. The third-order valence-corrected chi connectivity index (χ3v) is 2.69. The van der Waals surface area contributed by atoms with Crippen molar-refractivity contribution in [2.75, 3.05) is 10.6 Å². The second kappa shape index (κ2) is 5.83. The number of anilines is 2. The predicted octanol–water partition coefficient (Wildman–Crippen LogP) is 2.31. The smallest absolute Gasteiger partial charge is 0.308 e. The first-order valence-electron chi connectivity index (χ1n) is 6.25. The van der Waals surface area contributed by atoms with Crippen molar-refractivity contribution in [1.82, 2.24) is 19.5 Å². The summed E-state index contributed by atoms with van der Waals surface area (Å²) in [5.74, 6) is 1.03. The lowest BCUT2D eigenvalue weighted by molar-refractivity contribution is 0.262. The van der Waals surface area contributed by atoms with E-state index >= 15 is 0 Å². The molecule has 0 unspecified atom stereocenters. The number of nitrogens with one attached hydrogen (secondary N) is 2. The Kier molecular flexibility index (Phi) is 3.55. The van der Waals surface area contributed by atoms with Gasteiger partial charge in [-0.25, -0.2) is 19.7 Å². The highest BCUT2D eigenvalue weighted by atomic mass is 16.2. The third-order valence-electron chi connectivity index (χ3n) is 2.69. The van der Waals surface area contributed by atoms with Gasteiger partial charge in [0.1, 0.15) is 24.3 Å². The van der Waals surface area contributed by atoms with Crippen molar-refractivity contribution in [2.24, 2.45) is 0 Å². The molecule has 7 heteroatoms. The molecule has 2 N–H and O–H groups in total. The summed E-state index contributed by atoms with van der Waals surface area (Å²) in [4.78, 5) is 24.0. The minimum Gasteiger partial charge on any atom is -0.308 e. The molecule has 2 aromatic heterocycles. The fourth-order valence-electron chi connectivity index (χ4n) is 1.75. The summed E-state index contributed by atoms with van der Waals surface area (Å²) < 4.78 is 1.72. The van der Waals surface area contributed by atoms with Crippen LogP contribution >= 0.6 is 0 Å². The van der Waals surface area contributed by atoms with Gasteiger partial charge in [0.25, 0.3) is 0 Å². The van der Waals surface area contributed by atoms with Gasteiger partial charge in [0.05, 0.1) is 0 Å². The average Bonchev–Trinajstić information content (AvgIpc) is 3.02. The summed E-state index contributed by atoms with van der Waals surface area (Å²) in [6.07, 6.45) is 6.41. The van der Waals surface area contributed by atoms with E-state index in [-0.39, 0.29) is 6.03 Å². The molecule has 0 aliphatic heterocycles. The van der Waals surface area contributed by atoms with Crippen LogP contribution in [-0.2, 0) is 0 Å². The van der Waals surface area contributed by atoms with Crippen LogP contribution < -0.4 is 10.6 Å². The molecule has 1 aromatic carbocycles. The van der Waals surface area contributed by atoms with Gasteiger partial charge in [-0.2, -0.15) is 0 Å². The Morgan fingerprint density at radius 1 is 1.10 bits per heavy atom. The lowest BCUT2D eigenvalue weighted by Crippen LogP contribution is -2.20. The van der Waals surface area contributed by atoms with Crippen molar-refractivity contribution in [2.45, 2.75) is 0 Å². The molecule has 0 fully saturated rings. The summed E-state index contributed by atoms with van der Waals surface area (Å²) in [5, 5.41) is 5.37. The Labute approximate surface area is 120 Å². The molecule has 0 radical (unpaired) electrons. The van der Waals surface area contributed by atoms with Gasteiger partial charge in [0, 0.05) is 24.1 Å². The second-order valence-corrected chi connectivity index (χ2v) is 4.18. The highest BCUT2D eigenvalue weighted by Crippen LogP contribution is 2.10. The molecule has 2 amide bonds. The first kappa shape index (κ1) is 12.8. The average molecular weight is 280 g/mol. The predicted molar refractivity (Wildman–Crippen MR) is 78.2 cm³/mol. The van der Waals surface area contributed by atoms with E-state index in [0.717, 1.165) is 0 Å². The van der Waals surface area contributed by atoms with E-state index in [1.165, 1.54) is 6.33 Å². The van der Waals surface area contributed by atoms with Crippen LogP contribution in [0.4, 0.5) is 16.3 Å². The first-order valence-corrected chi connectivity index (χ1v) is 6.25. The van der Waals surface area contributed by atoms with Gasteiger partial charge in [0.15, 0.2) is 0 Å². The van der Waals surface area contributed by atoms with Crippen molar-refractivity contribution in [3.63, 3.8) is 0 Å². The largest absolute Gasteiger partial charge is 0.324 e. The topological polar surface area (TPSA) is 84.7 Å². The summed E-state index contributed by atoms with van der Waals surface area (Å²) >= 11 is 0. The zero-order chi connectivity index (χ0) is 14.5. The molecule has 3 aromatic rings. The maximum atomic E-state index is 11.9. The van der Waals surface area contributed by atoms with E-state index in [1.807, 2.05) is 18.2 Å². The zero-order valence-corrected chi connectivity index (χ0v) is 11.0. The van der Waals surface area contributed by atoms with Crippen LogP contribution in [0.25, 0.3) is 5.82 Å². The maximum absolute atomic E-state index is 11.9. The monoisotopic (exact) mass is 280 g/mol. The molecule has 104 valence electrons. The standard InChI is InChI=1S/C14H12N6O/c21-14(18-11-4-2-1-3-5-11)19-12-8-13(17-9-16-12)20-7-6-15-10-20/h1-10H,(H2,16,17,18,19,21). The van der Waals surface area contributed by atoms with Gasteiger partial charge in [-0.05, 0) is 12.1 Å². The molecule has 3 rings (SSSR count). The van der Waals surface area contributed by atoms with Crippen LogP contribution in [-0.4, -0.2) is 25.6 Å². The van der Waals surface area contributed by atoms with Crippen molar-refractivity contribution in [3.05, 3.63) is 61.4 Å². The summed E-state index contributed by atoms with van der Waals surface area (Å²) in [6.45, 7) is 0. The molecule has 0 aliphatic rings. The number of aromatic nitrogens is 4. The molecule has 7 nitrogen and oxygen atoms in total. The van der Waals surface area contributed by atoms with Crippen LogP contribution in [0, 0.1) is 0 Å². The fraction of sp³-hybridized carbons (Fsp3) is 0. The fourth-order valence-corrected chi connectivity index (χ4v) is 1.75. The second-order valence-electron chi connectivity index (χ2n) is 4.18. The molecule has 21 heavy (non-hydrogen) atoms. The van der Waals surface area contributed by atoms with E-state index in [1.54, 1.807) is 41.5 Å². The van der Waals surface area contributed by atoms with Gasteiger partial charge in [0.2, 0.25) is 0 Å². The number of carbonyl (C=O) groups is 1. The Morgan fingerprint density at radius 3 is 2.71 bits per heavy atom. The van der Waals surface area contributed by atoms with Crippen LogP contribution in [0.5, 0.6) is 0 Å². The Balaban J connectivity index is 1.70. The normalized spacial score (nSPS) is 10.1. The van der Waals surface area contributed by atoms with Gasteiger partial charge >= 0.3 is 6.03 Å². The van der Waals surface area contributed by atoms with Crippen LogP contribution in [0.3, 0.4) is 0 Å². The summed E-state index contributed by atoms with van der Waals surface area (Å²) in [7, 11) is 0. The molecule has 0 spiro atoms. The van der Waals surface area contributed by atoms with Crippen molar-refractivity contribution in [3.8, 4) is 5.82 Å². The minimum absolute atomic E-state index is 0.364. The van der Waals surface area contributed by atoms with Crippen molar-refractivity contribution < 1.29 is 4.79 Å².